The highest BCUT2D eigenvalue weighted by atomic mass is 16.5. The number of carbonyl (C=O) groups excluding carboxylic acids is 1. The van der Waals surface area contributed by atoms with Crippen LogP contribution in [-0.4, -0.2) is 37.8 Å². The number of nitrogens with zero attached hydrogens (tertiary/aromatic N) is 5. The Labute approximate surface area is 103 Å². The zero-order valence-corrected chi connectivity index (χ0v) is 10.2. The molecule has 0 saturated heterocycles. The molecule has 0 unspecified atom stereocenters. The highest BCUT2D eigenvalue weighted by Crippen LogP contribution is 2.05. The van der Waals surface area contributed by atoms with Gasteiger partial charge in [0, 0.05) is 13.1 Å². The minimum Gasteiger partial charge on any atom is -0.367 e. The number of aryl methyl sites for hydroxylation is 1. The number of hydrogen-bond acceptors (Lipinski definition) is 6. The number of likely N-dealkylation sites (N-methyl/N-ethyl adjacent to an activating group) is 1. The maximum absolute atomic E-state index is 11.9. The van der Waals surface area contributed by atoms with Gasteiger partial charge in [-0.15, -0.1) is 5.10 Å². The molecule has 0 aliphatic carbocycles. The summed E-state index contributed by atoms with van der Waals surface area (Å²) in [5.74, 6) is 0.757. The monoisotopic (exact) mass is 250 g/mol. The summed E-state index contributed by atoms with van der Waals surface area (Å²) in [7, 11) is 1.69. The summed E-state index contributed by atoms with van der Waals surface area (Å²) >= 11 is 0. The number of anilines is 1. The zero-order valence-electron chi connectivity index (χ0n) is 10.2. The van der Waals surface area contributed by atoms with Gasteiger partial charge in [0.1, 0.15) is 24.3 Å². The van der Waals surface area contributed by atoms with Gasteiger partial charge in [0.2, 0.25) is 11.9 Å². The first-order valence-electron chi connectivity index (χ1n) is 5.35. The first-order chi connectivity index (χ1) is 8.54. The van der Waals surface area contributed by atoms with Gasteiger partial charge in [-0.2, -0.15) is 0 Å². The van der Waals surface area contributed by atoms with Gasteiger partial charge >= 0.3 is 0 Å². The fraction of sp³-hybridized carbons (Fsp3) is 0.400. The number of nitrogen functional groups attached to an aromatic ring is 1. The molecule has 2 heterocycles. The molecule has 1 amide bonds. The lowest BCUT2D eigenvalue weighted by atomic mass is 10.3. The molecule has 0 bridgehead atoms. The Balaban J connectivity index is 1.92. The van der Waals surface area contributed by atoms with Gasteiger partial charge in [0.05, 0.1) is 6.54 Å². The van der Waals surface area contributed by atoms with Gasteiger partial charge in [-0.05, 0) is 6.92 Å². The number of aromatic nitrogens is 4. The second-order valence-corrected chi connectivity index (χ2v) is 3.98. The highest BCUT2D eigenvalue weighted by Gasteiger charge is 2.12. The molecule has 0 aliphatic heterocycles. The molecule has 2 aromatic rings. The molecule has 96 valence electrons. The van der Waals surface area contributed by atoms with E-state index < -0.39 is 0 Å². The van der Waals surface area contributed by atoms with Crippen LogP contribution < -0.4 is 5.73 Å². The largest absolute Gasteiger partial charge is 0.367 e. The van der Waals surface area contributed by atoms with E-state index in [9.17, 15) is 4.79 Å². The molecule has 0 fully saturated rings. The average molecular weight is 250 g/mol. The van der Waals surface area contributed by atoms with Crippen molar-refractivity contribution in [2.75, 3.05) is 12.8 Å². The number of amides is 1. The van der Waals surface area contributed by atoms with Crippen molar-refractivity contribution in [2.45, 2.75) is 20.0 Å². The van der Waals surface area contributed by atoms with Crippen molar-refractivity contribution in [1.29, 1.82) is 0 Å². The van der Waals surface area contributed by atoms with Crippen LogP contribution in [0.15, 0.2) is 16.9 Å². The van der Waals surface area contributed by atoms with E-state index in [1.165, 1.54) is 15.9 Å². The molecule has 0 radical (unpaired) electrons. The van der Waals surface area contributed by atoms with Gasteiger partial charge in [-0.3, -0.25) is 4.79 Å². The molecule has 18 heavy (non-hydrogen) atoms. The molecule has 0 saturated carbocycles. The van der Waals surface area contributed by atoms with Crippen LogP contribution in [0.25, 0.3) is 0 Å². The van der Waals surface area contributed by atoms with Crippen LogP contribution in [0.5, 0.6) is 0 Å². The maximum Gasteiger partial charge on any atom is 0.244 e. The number of carbonyl (C=O) groups is 1. The third kappa shape index (κ3) is 2.84. The Morgan fingerprint density at radius 1 is 1.61 bits per heavy atom. The highest BCUT2D eigenvalue weighted by molar-refractivity contribution is 5.75. The van der Waals surface area contributed by atoms with Crippen molar-refractivity contribution in [3.63, 3.8) is 0 Å². The summed E-state index contributed by atoms with van der Waals surface area (Å²) in [6, 6.07) is 1.79. The van der Waals surface area contributed by atoms with Gasteiger partial charge in [-0.1, -0.05) is 5.16 Å². The van der Waals surface area contributed by atoms with Crippen LogP contribution >= 0.6 is 0 Å². The normalized spacial score (nSPS) is 10.6. The van der Waals surface area contributed by atoms with Gasteiger partial charge < -0.3 is 15.2 Å². The Bertz CT molecular complexity index is 546. The van der Waals surface area contributed by atoms with E-state index in [2.05, 4.69) is 15.2 Å². The summed E-state index contributed by atoms with van der Waals surface area (Å²) < 4.78 is 6.33. The zero-order chi connectivity index (χ0) is 13.1. The predicted octanol–water partition coefficient (Wildman–Crippen LogP) is -0.185. The first-order valence-corrected chi connectivity index (χ1v) is 5.35. The molecular weight excluding hydrogens is 236 g/mol. The average Bonchev–Trinajstić information content (AvgIpc) is 2.88. The second kappa shape index (κ2) is 4.86. The molecule has 0 aromatic carbocycles. The van der Waals surface area contributed by atoms with Gasteiger partial charge in [0.15, 0.2) is 0 Å². The fourth-order valence-electron chi connectivity index (χ4n) is 1.47. The standard InChI is InChI=1S/C10H14N6O2/c1-7-3-8(14-18-7)4-15(2)9(17)5-16-6-12-10(11)13-16/h3,6H,4-5H2,1-2H3,(H2,11,13). The number of nitrogens with two attached hydrogens (primary N) is 1. The molecule has 2 N–H and O–H groups in total. The smallest absolute Gasteiger partial charge is 0.244 e. The minimum atomic E-state index is -0.111. The van der Waals surface area contributed by atoms with Gasteiger partial charge in [-0.25, -0.2) is 9.67 Å². The molecule has 2 aromatic heterocycles. The SMILES string of the molecule is Cc1cc(CN(C)C(=O)Cn2cnc(N)n2)no1. The van der Waals surface area contributed by atoms with Crippen LogP contribution in [0, 0.1) is 6.92 Å². The molecule has 0 aliphatic rings. The number of hydrogen-bond donors (Lipinski definition) is 1. The van der Waals surface area contributed by atoms with E-state index in [1.54, 1.807) is 20.0 Å². The minimum absolute atomic E-state index is 0.0948. The van der Waals surface area contributed by atoms with Crippen LogP contribution in [0.1, 0.15) is 11.5 Å². The third-order valence-electron chi connectivity index (χ3n) is 2.35. The van der Waals surface area contributed by atoms with E-state index in [1.807, 2.05) is 0 Å². The quantitative estimate of drug-likeness (QED) is 0.807. The molecule has 0 spiro atoms. The lowest BCUT2D eigenvalue weighted by Gasteiger charge is -2.14. The first kappa shape index (κ1) is 12.1. The van der Waals surface area contributed by atoms with Crippen LogP contribution in [0.3, 0.4) is 0 Å². The predicted molar refractivity (Wildman–Crippen MR) is 62.1 cm³/mol. The third-order valence-corrected chi connectivity index (χ3v) is 2.35. The topological polar surface area (TPSA) is 103 Å². The van der Waals surface area contributed by atoms with E-state index in [0.717, 1.165) is 5.76 Å². The maximum atomic E-state index is 11.9. The summed E-state index contributed by atoms with van der Waals surface area (Å²) in [5.41, 5.74) is 6.08. The van der Waals surface area contributed by atoms with Crippen molar-refractivity contribution in [3.05, 3.63) is 23.8 Å². The lowest BCUT2D eigenvalue weighted by molar-refractivity contribution is -0.131. The lowest BCUT2D eigenvalue weighted by Crippen LogP contribution is -2.30. The summed E-state index contributed by atoms with van der Waals surface area (Å²) in [6.07, 6.45) is 1.42. The van der Waals surface area contributed by atoms with E-state index in [-0.39, 0.29) is 18.4 Å². The molecular formula is C10H14N6O2. The van der Waals surface area contributed by atoms with Crippen molar-refractivity contribution < 1.29 is 9.32 Å². The fourth-order valence-corrected chi connectivity index (χ4v) is 1.47. The molecule has 8 nitrogen and oxygen atoms in total. The summed E-state index contributed by atoms with van der Waals surface area (Å²) in [6.45, 7) is 2.29. The van der Waals surface area contributed by atoms with E-state index >= 15 is 0 Å². The molecule has 0 atom stereocenters. The molecule has 8 heteroatoms. The van der Waals surface area contributed by atoms with Crippen LogP contribution in [-0.2, 0) is 17.9 Å². The number of rotatable bonds is 4. The Kier molecular flexibility index (Phi) is 3.26. The van der Waals surface area contributed by atoms with Crippen LogP contribution in [0.4, 0.5) is 5.95 Å². The van der Waals surface area contributed by atoms with Crippen molar-refractivity contribution in [1.82, 2.24) is 24.8 Å². The van der Waals surface area contributed by atoms with E-state index in [4.69, 9.17) is 10.3 Å². The van der Waals surface area contributed by atoms with Gasteiger partial charge in [0.25, 0.3) is 0 Å². The Hall–Kier alpha value is -2.38. The summed E-state index contributed by atoms with van der Waals surface area (Å²) in [4.78, 5) is 17.2. The molecule has 2 rings (SSSR count). The second-order valence-electron chi connectivity index (χ2n) is 3.98. The Morgan fingerprint density at radius 2 is 2.39 bits per heavy atom. The van der Waals surface area contributed by atoms with Crippen molar-refractivity contribution in [2.24, 2.45) is 0 Å². The van der Waals surface area contributed by atoms with Crippen LogP contribution in [0.2, 0.25) is 0 Å². The Morgan fingerprint density at radius 3 is 2.94 bits per heavy atom. The van der Waals surface area contributed by atoms with Crippen molar-refractivity contribution >= 4 is 11.9 Å². The van der Waals surface area contributed by atoms with Crippen molar-refractivity contribution in [3.8, 4) is 0 Å². The van der Waals surface area contributed by atoms with E-state index in [0.29, 0.717) is 12.2 Å². The summed E-state index contributed by atoms with van der Waals surface area (Å²) in [5, 5.41) is 7.67.